The van der Waals surface area contributed by atoms with Crippen molar-refractivity contribution in [3.63, 3.8) is 0 Å². The summed E-state index contributed by atoms with van der Waals surface area (Å²) in [5, 5.41) is 3.39. The number of hydrogen-bond acceptors (Lipinski definition) is 3. The van der Waals surface area contributed by atoms with Crippen molar-refractivity contribution in [1.29, 1.82) is 0 Å². The van der Waals surface area contributed by atoms with Crippen molar-refractivity contribution in [2.45, 2.75) is 20.3 Å². The number of anilines is 2. The Kier molecular flexibility index (Phi) is 5.09. The van der Waals surface area contributed by atoms with Crippen molar-refractivity contribution in [3.8, 4) is 0 Å². The number of nitrogens with zero attached hydrogens (tertiary/aromatic N) is 1. The molecule has 1 aliphatic rings. The number of carbonyl (C=O) groups excluding carboxylic acids is 3. The maximum absolute atomic E-state index is 12.6. The highest BCUT2D eigenvalue weighted by Gasteiger charge is 2.35. The van der Waals surface area contributed by atoms with E-state index in [-0.39, 0.29) is 24.0 Å². The van der Waals surface area contributed by atoms with Crippen LogP contribution < -0.4 is 10.2 Å². The third-order valence-corrected chi connectivity index (χ3v) is 4.97. The first-order valence-corrected chi connectivity index (χ1v) is 8.72. The van der Waals surface area contributed by atoms with Crippen molar-refractivity contribution >= 4 is 40.6 Å². The lowest BCUT2D eigenvalue weighted by Gasteiger charge is -2.19. The van der Waals surface area contributed by atoms with Gasteiger partial charge in [-0.3, -0.25) is 14.4 Å². The molecule has 1 fully saturated rings. The molecule has 0 saturated carbocycles. The van der Waals surface area contributed by atoms with Crippen LogP contribution in [0.1, 0.15) is 29.3 Å². The highest BCUT2D eigenvalue weighted by Crippen LogP contribution is 2.31. The second-order valence-electron chi connectivity index (χ2n) is 6.42. The zero-order valence-electron chi connectivity index (χ0n) is 14.6. The molecule has 0 bridgehead atoms. The summed E-state index contributed by atoms with van der Waals surface area (Å²) in [5.41, 5.74) is 2.63. The fourth-order valence-corrected chi connectivity index (χ4v) is 3.23. The van der Waals surface area contributed by atoms with Gasteiger partial charge < -0.3 is 10.2 Å². The van der Waals surface area contributed by atoms with Gasteiger partial charge in [0, 0.05) is 34.9 Å². The van der Waals surface area contributed by atoms with Crippen molar-refractivity contribution in [1.82, 2.24) is 0 Å². The SMILES string of the molecule is CC(=O)c1cccc(NC(=O)[C@H]2CC(=O)N(c3cccc(Cl)c3C)C2)c1. The maximum Gasteiger partial charge on any atom is 0.229 e. The first-order valence-electron chi connectivity index (χ1n) is 8.34. The number of ketones is 1. The van der Waals surface area contributed by atoms with E-state index >= 15 is 0 Å². The molecule has 134 valence electrons. The molecule has 6 heteroatoms. The van der Waals surface area contributed by atoms with Gasteiger partial charge in [0.1, 0.15) is 0 Å². The Morgan fingerprint density at radius 2 is 1.92 bits per heavy atom. The summed E-state index contributed by atoms with van der Waals surface area (Å²) in [6.45, 7) is 3.63. The Hall–Kier alpha value is -2.66. The first-order chi connectivity index (χ1) is 12.4. The monoisotopic (exact) mass is 370 g/mol. The Morgan fingerprint density at radius 1 is 1.19 bits per heavy atom. The second-order valence-corrected chi connectivity index (χ2v) is 6.82. The van der Waals surface area contributed by atoms with Crippen LogP contribution in [0.25, 0.3) is 0 Å². The minimum Gasteiger partial charge on any atom is -0.326 e. The number of rotatable bonds is 4. The normalized spacial score (nSPS) is 16.7. The Morgan fingerprint density at radius 3 is 2.65 bits per heavy atom. The molecule has 0 radical (unpaired) electrons. The molecular weight excluding hydrogens is 352 g/mol. The van der Waals surface area contributed by atoms with E-state index in [1.807, 2.05) is 13.0 Å². The molecule has 26 heavy (non-hydrogen) atoms. The number of nitrogens with one attached hydrogen (secondary N) is 1. The highest BCUT2D eigenvalue weighted by molar-refractivity contribution is 6.31. The molecule has 5 nitrogen and oxygen atoms in total. The van der Waals surface area contributed by atoms with Crippen molar-refractivity contribution in [2.75, 3.05) is 16.8 Å². The summed E-state index contributed by atoms with van der Waals surface area (Å²) in [7, 11) is 0. The molecule has 0 spiro atoms. The van der Waals surface area contributed by atoms with Gasteiger partial charge in [-0.05, 0) is 43.7 Å². The second kappa shape index (κ2) is 7.30. The summed E-state index contributed by atoms with van der Waals surface area (Å²) in [5.74, 6) is -0.865. The van der Waals surface area contributed by atoms with Gasteiger partial charge in [-0.1, -0.05) is 29.8 Å². The molecule has 2 amide bonds. The lowest BCUT2D eigenvalue weighted by Crippen LogP contribution is -2.28. The molecule has 0 unspecified atom stereocenters. The molecule has 1 atom stereocenters. The molecule has 3 rings (SSSR count). The van der Waals surface area contributed by atoms with Gasteiger partial charge >= 0.3 is 0 Å². The molecule has 1 saturated heterocycles. The van der Waals surface area contributed by atoms with Gasteiger partial charge in [-0.2, -0.15) is 0 Å². The van der Waals surface area contributed by atoms with E-state index in [9.17, 15) is 14.4 Å². The zero-order valence-corrected chi connectivity index (χ0v) is 15.3. The third kappa shape index (κ3) is 3.63. The maximum atomic E-state index is 12.6. The summed E-state index contributed by atoms with van der Waals surface area (Å²) >= 11 is 6.14. The van der Waals surface area contributed by atoms with E-state index in [1.54, 1.807) is 41.3 Å². The van der Waals surface area contributed by atoms with E-state index in [2.05, 4.69) is 5.32 Å². The molecule has 1 heterocycles. The summed E-state index contributed by atoms with van der Waals surface area (Å²) in [6, 6.07) is 12.2. The molecule has 1 aliphatic heterocycles. The molecule has 0 aliphatic carbocycles. The average Bonchev–Trinajstić information content (AvgIpc) is 2.99. The molecule has 0 aromatic heterocycles. The van der Waals surface area contributed by atoms with Crippen LogP contribution in [0.5, 0.6) is 0 Å². The van der Waals surface area contributed by atoms with Crippen LogP contribution in [0.15, 0.2) is 42.5 Å². The molecule has 2 aromatic carbocycles. The predicted octanol–water partition coefficient (Wildman–Crippen LogP) is 3.84. The molecular formula is C20H19ClN2O3. The smallest absolute Gasteiger partial charge is 0.229 e. The van der Waals surface area contributed by atoms with E-state index < -0.39 is 5.92 Å². The number of hydrogen-bond donors (Lipinski definition) is 1. The number of benzene rings is 2. The number of carbonyl (C=O) groups is 3. The van der Waals surface area contributed by atoms with Crippen LogP contribution >= 0.6 is 11.6 Å². The van der Waals surface area contributed by atoms with E-state index in [1.165, 1.54) is 6.92 Å². The fourth-order valence-electron chi connectivity index (χ4n) is 3.06. The Labute approximate surface area is 156 Å². The summed E-state index contributed by atoms with van der Waals surface area (Å²) in [6.07, 6.45) is 0.143. The van der Waals surface area contributed by atoms with E-state index in [0.717, 1.165) is 11.3 Å². The average molecular weight is 371 g/mol. The van der Waals surface area contributed by atoms with Gasteiger partial charge in [-0.15, -0.1) is 0 Å². The quantitative estimate of drug-likeness (QED) is 0.831. The predicted molar refractivity (Wildman–Crippen MR) is 102 cm³/mol. The number of amides is 2. The Balaban J connectivity index is 1.74. The van der Waals surface area contributed by atoms with Gasteiger partial charge in [0.15, 0.2) is 5.78 Å². The fraction of sp³-hybridized carbons (Fsp3) is 0.250. The van der Waals surface area contributed by atoms with Crippen LogP contribution in [-0.4, -0.2) is 24.1 Å². The van der Waals surface area contributed by atoms with Crippen LogP contribution in [0.3, 0.4) is 0 Å². The topological polar surface area (TPSA) is 66.5 Å². The van der Waals surface area contributed by atoms with Crippen molar-refractivity contribution in [3.05, 3.63) is 58.6 Å². The van der Waals surface area contributed by atoms with Gasteiger partial charge in [0.05, 0.1) is 5.92 Å². The standard InChI is InChI=1S/C20H19ClN2O3/c1-12-17(21)7-4-8-18(12)23-11-15(10-19(23)25)20(26)22-16-6-3-5-14(9-16)13(2)24/h3-9,15H,10-11H2,1-2H3,(H,22,26)/t15-/m0/s1. The Bertz CT molecular complexity index is 894. The van der Waals surface area contributed by atoms with Crippen molar-refractivity contribution < 1.29 is 14.4 Å². The summed E-state index contributed by atoms with van der Waals surface area (Å²) in [4.78, 5) is 38.1. The van der Waals surface area contributed by atoms with Crippen LogP contribution in [0, 0.1) is 12.8 Å². The zero-order chi connectivity index (χ0) is 18.8. The summed E-state index contributed by atoms with van der Waals surface area (Å²) < 4.78 is 0. The van der Waals surface area contributed by atoms with Crippen molar-refractivity contribution in [2.24, 2.45) is 5.92 Å². The lowest BCUT2D eigenvalue weighted by atomic mass is 10.1. The van der Waals surface area contributed by atoms with Crippen LogP contribution in [0.2, 0.25) is 5.02 Å². The van der Waals surface area contributed by atoms with Gasteiger partial charge in [-0.25, -0.2) is 0 Å². The van der Waals surface area contributed by atoms with E-state index in [4.69, 9.17) is 11.6 Å². The molecule has 1 N–H and O–H groups in total. The number of halogens is 1. The minimum absolute atomic E-state index is 0.0697. The molecule has 2 aromatic rings. The van der Waals surface area contributed by atoms with Crippen LogP contribution in [-0.2, 0) is 9.59 Å². The lowest BCUT2D eigenvalue weighted by molar-refractivity contribution is -0.122. The van der Waals surface area contributed by atoms with E-state index in [0.29, 0.717) is 22.8 Å². The first kappa shape index (κ1) is 18.1. The minimum atomic E-state index is -0.457. The largest absolute Gasteiger partial charge is 0.326 e. The third-order valence-electron chi connectivity index (χ3n) is 4.56. The van der Waals surface area contributed by atoms with Crippen LogP contribution in [0.4, 0.5) is 11.4 Å². The van der Waals surface area contributed by atoms with Gasteiger partial charge in [0.25, 0.3) is 0 Å². The number of Topliss-reactive ketones (excluding diaryl/α,β-unsaturated/α-hetero) is 1. The highest BCUT2D eigenvalue weighted by atomic mass is 35.5. The van der Waals surface area contributed by atoms with Gasteiger partial charge in [0.2, 0.25) is 11.8 Å².